The molecule has 1 aromatic heterocycles. The molecule has 2 aromatic rings. The summed E-state index contributed by atoms with van der Waals surface area (Å²) in [7, 11) is 0. The molecule has 1 aliphatic heterocycles. The monoisotopic (exact) mass is 404 g/mol. The molecule has 1 saturated carbocycles. The maximum Gasteiger partial charge on any atom is 0.266 e. The Hall–Kier alpha value is -2.52. The third-order valence-electron chi connectivity index (χ3n) is 6.23. The highest BCUT2D eigenvalue weighted by molar-refractivity contribution is 5.80. The quantitative estimate of drug-likeness (QED) is 0.693. The van der Waals surface area contributed by atoms with Crippen LogP contribution in [0.15, 0.2) is 28.8 Å². The zero-order valence-corrected chi connectivity index (χ0v) is 16.3. The summed E-state index contributed by atoms with van der Waals surface area (Å²) < 4.78 is 18.4. The molecule has 2 fully saturated rings. The first-order chi connectivity index (χ1) is 13.8. The van der Waals surface area contributed by atoms with Gasteiger partial charge >= 0.3 is 0 Å². The fourth-order valence-electron chi connectivity index (χ4n) is 4.73. The average molecular weight is 404 g/mol. The zero-order valence-electron chi connectivity index (χ0n) is 16.3. The molecule has 1 saturated heterocycles. The summed E-state index contributed by atoms with van der Waals surface area (Å²) >= 11 is 0. The van der Waals surface area contributed by atoms with Crippen LogP contribution in [-0.2, 0) is 11.3 Å². The van der Waals surface area contributed by atoms with Crippen molar-refractivity contribution in [1.82, 2.24) is 15.5 Å². The number of rotatable bonds is 4. The second-order valence-corrected chi connectivity index (χ2v) is 8.06. The first-order valence-electron chi connectivity index (χ1n) is 9.78. The first kappa shape index (κ1) is 19.8. The molecule has 1 aliphatic carbocycles. The Labute approximate surface area is 167 Å². The highest BCUT2D eigenvalue weighted by Crippen LogP contribution is 2.44. The van der Waals surface area contributed by atoms with Crippen molar-refractivity contribution in [2.24, 2.45) is 23.7 Å². The van der Waals surface area contributed by atoms with Crippen LogP contribution in [0, 0.1) is 36.4 Å². The molecular formula is C20H25FN4O4. The lowest BCUT2D eigenvalue weighted by atomic mass is 9.65. The van der Waals surface area contributed by atoms with E-state index in [2.05, 4.69) is 15.5 Å². The van der Waals surface area contributed by atoms with Gasteiger partial charge in [0.2, 0.25) is 11.8 Å². The summed E-state index contributed by atoms with van der Waals surface area (Å²) in [6.45, 7) is 4.59. The number of anilines is 1. The summed E-state index contributed by atoms with van der Waals surface area (Å²) in [6, 6.07) is 6.06. The maximum atomic E-state index is 13.4. The van der Waals surface area contributed by atoms with Crippen molar-refractivity contribution < 1.29 is 23.9 Å². The smallest absolute Gasteiger partial charge is 0.266 e. The fourth-order valence-corrected chi connectivity index (χ4v) is 4.73. The van der Waals surface area contributed by atoms with Crippen LogP contribution >= 0.6 is 0 Å². The highest BCUT2D eigenvalue weighted by atomic mass is 19.1. The summed E-state index contributed by atoms with van der Waals surface area (Å²) in [5.74, 6) is -1.09. The van der Waals surface area contributed by atoms with Crippen molar-refractivity contribution >= 4 is 11.9 Å². The number of aromatic nitrogens is 2. The number of aliphatic hydroxyl groups is 2. The molecule has 1 amide bonds. The summed E-state index contributed by atoms with van der Waals surface area (Å²) in [6.07, 6.45) is -1.94. The van der Waals surface area contributed by atoms with Gasteiger partial charge in [-0.2, -0.15) is 4.98 Å². The Bertz CT molecular complexity index is 891. The van der Waals surface area contributed by atoms with Gasteiger partial charge in [-0.3, -0.25) is 4.79 Å². The molecule has 2 aliphatic rings. The average Bonchev–Trinajstić information content (AvgIpc) is 3.31. The van der Waals surface area contributed by atoms with E-state index in [1.54, 1.807) is 26.0 Å². The van der Waals surface area contributed by atoms with Crippen molar-refractivity contribution in [2.45, 2.75) is 32.6 Å². The molecule has 0 radical (unpaired) electrons. The molecule has 2 heterocycles. The zero-order chi connectivity index (χ0) is 20.7. The minimum Gasteiger partial charge on any atom is -0.390 e. The van der Waals surface area contributed by atoms with Gasteiger partial charge in [0.05, 0.1) is 12.2 Å². The van der Waals surface area contributed by atoms with Crippen molar-refractivity contribution in [3.63, 3.8) is 0 Å². The maximum absolute atomic E-state index is 13.4. The molecule has 3 N–H and O–H groups in total. The van der Waals surface area contributed by atoms with Crippen molar-refractivity contribution in [3.05, 3.63) is 41.5 Å². The van der Waals surface area contributed by atoms with Crippen molar-refractivity contribution in [2.75, 3.05) is 18.0 Å². The van der Waals surface area contributed by atoms with E-state index in [9.17, 15) is 19.4 Å². The highest BCUT2D eigenvalue weighted by Gasteiger charge is 2.54. The van der Waals surface area contributed by atoms with Gasteiger partial charge in [0.25, 0.3) is 5.95 Å². The molecular weight excluding hydrogens is 379 g/mol. The first-order valence-corrected chi connectivity index (χ1v) is 9.78. The third kappa shape index (κ3) is 3.72. The van der Waals surface area contributed by atoms with Gasteiger partial charge in [0, 0.05) is 38.4 Å². The van der Waals surface area contributed by atoms with Gasteiger partial charge < -0.3 is 25.0 Å². The van der Waals surface area contributed by atoms with Crippen LogP contribution < -0.4 is 10.2 Å². The van der Waals surface area contributed by atoms with Crippen LogP contribution in [-0.4, -0.2) is 51.6 Å². The third-order valence-corrected chi connectivity index (χ3v) is 6.23. The summed E-state index contributed by atoms with van der Waals surface area (Å²) in [5, 5.41) is 28.0. The summed E-state index contributed by atoms with van der Waals surface area (Å²) in [5.41, 5.74) is 0.661. The molecule has 0 spiro atoms. The minimum atomic E-state index is -1.01. The van der Waals surface area contributed by atoms with E-state index in [1.807, 2.05) is 4.90 Å². The molecule has 0 bridgehead atoms. The van der Waals surface area contributed by atoms with Crippen LogP contribution in [0.25, 0.3) is 0 Å². The number of aryl methyl sites for hydroxylation is 1. The normalized spacial score (nSPS) is 31.6. The lowest BCUT2D eigenvalue weighted by molar-refractivity contribution is -0.146. The standard InChI is InChI=1S/C20H25FN4O4/c1-10-16(19(28)22-7-12-4-3-5-13(21)6-12)14-8-25(20-23-11(2)29-24-20)9-15(14)18(27)17(10)26/h3-6,10,14-18,26-27H,7-9H2,1-2H3,(H,22,28)/t10-,14+,15+,16+,17+,18+/m1/s1. The van der Waals surface area contributed by atoms with E-state index >= 15 is 0 Å². The number of carbonyl (C=O) groups is 1. The van der Waals surface area contributed by atoms with Gasteiger partial charge in [0.15, 0.2) is 0 Å². The molecule has 156 valence electrons. The van der Waals surface area contributed by atoms with Gasteiger partial charge in [-0.1, -0.05) is 19.1 Å². The van der Waals surface area contributed by atoms with Crippen molar-refractivity contribution in [3.8, 4) is 0 Å². The molecule has 9 heteroatoms. The second kappa shape index (κ2) is 7.72. The van der Waals surface area contributed by atoms with Crippen LogP contribution in [0.3, 0.4) is 0 Å². The Morgan fingerprint density at radius 2 is 2.07 bits per heavy atom. The topological polar surface area (TPSA) is 112 Å². The van der Waals surface area contributed by atoms with Crippen LogP contribution in [0.4, 0.5) is 10.3 Å². The van der Waals surface area contributed by atoms with Gasteiger partial charge in [0.1, 0.15) is 5.82 Å². The Morgan fingerprint density at radius 1 is 1.31 bits per heavy atom. The Balaban J connectivity index is 1.52. The fraction of sp³-hybridized carbons (Fsp3) is 0.550. The van der Waals surface area contributed by atoms with E-state index in [4.69, 9.17) is 4.52 Å². The lowest BCUT2D eigenvalue weighted by Crippen LogP contribution is -2.55. The lowest BCUT2D eigenvalue weighted by Gasteiger charge is -2.43. The van der Waals surface area contributed by atoms with Gasteiger partial charge in [-0.25, -0.2) is 4.39 Å². The second-order valence-electron chi connectivity index (χ2n) is 8.06. The minimum absolute atomic E-state index is 0.172. The number of fused-ring (bicyclic) bond motifs is 1. The number of amides is 1. The molecule has 6 atom stereocenters. The number of hydrogen-bond donors (Lipinski definition) is 3. The Kier molecular flexibility index (Phi) is 5.26. The molecule has 0 unspecified atom stereocenters. The molecule has 1 aromatic carbocycles. The van der Waals surface area contributed by atoms with Gasteiger partial charge in [-0.15, -0.1) is 0 Å². The number of benzene rings is 1. The number of nitrogens with one attached hydrogen (secondary N) is 1. The number of nitrogens with zero attached hydrogens (tertiary/aromatic N) is 3. The van der Waals surface area contributed by atoms with E-state index < -0.39 is 24.0 Å². The number of aliphatic hydroxyl groups excluding tert-OH is 2. The van der Waals surface area contributed by atoms with Crippen LogP contribution in [0.2, 0.25) is 0 Å². The Morgan fingerprint density at radius 3 is 2.76 bits per heavy atom. The summed E-state index contributed by atoms with van der Waals surface area (Å²) in [4.78, 5) is 19.2. The largest absolute Gasteiger partial charge is 0.390 e. The molecule has 29 heavy (non-hydrogen) atoms. The van der Waals surface area contributed by atoms with E-state index in [0.29, 0.717) is 30.5 Å². The SMILES string of the molecule is Cc1nc(N2C[C@@H]3[C@H](O)[C@@H](O)[C@H](C)[C@H](C(=O)NCc4cccc(F)c4)[C@H]3C2)no1. The van der Waals surface area contributed by atoms with Crippen LogP contribution in [0.1, 0.15) is 18.4 Å². The van der Waals surface area contributed by atoms with Crippen molar-refractivity contribution in [1.29, 1.82) is 0 Å². The van der Waals surface area contributed by atoms with Crippen LogP contribution in [0.5, 0.6) is 0 Å². The number of hydrogen-bond acceptors (Lipinski definition) is 7. The molecule has 8 nitrogen and oxygen atoms in total. The van der Waals surface area contributed by atoms with Gasteiger partial charge in [-0.05, 0) is 34.7 Å². The van der Waals surface area contributed by atoms with E-state index in [0.717, 1.165) is 0 Å². The van der Waals surface area contributed by atoms with E-state index in [1.165, 1.54) is 12.1 Å². The predicted octanol–water partition coefficient (Wildman–Crippen LogP) is 0.874. The number of halogens is 1. The van der Waals surface area contributed by atoms with E-state index in [-0.39, 0.29) is 30.1 Å². The number of carbonyl (C=O) groups excluding carboxylic acids is 1. The predicted molar refractivity (Wildman–Crippen MR) is 101 cm³/mol. The molecule has 4 rings (SSSR count).